The molecule has 3 rings (SSSR count). The van der Waals surface area contributed by atoms with Gasteiger partial charge in [0.25, 0.3) is 5.91 Å². The number of hydrogen-bond donors (Lipinski definition) is 1. The van der Waals surface area contributed by atoms with Gasteiger partial charge in [0.1, 0.15) is 5.82 Å². The summed E-state index contributed by atoms with van der Waals surface area (Å²) in [5.74, 6) is -5.09. The molecular weight excluding hydrogens is 386 g/mol. The minimum absolute atomic E-state index is 0.0583. The van der Waals surface area contributed by atoms with Gasteiger partial charge in [-0.25, -0.2) is 13.2 Å². The average Bonchev–Trinajstić information content (AvgIpc) is 3.00. The lowest BCUT2D eigenvalue weighted by atomic mass is 10.1. The summed E-state index contributed by atoms with van der Waals surface area (Å²) in [7, 11) is 1.46. The number of carbonyl (C=O) groups is 1. The lowest BCUT2D eigenvalue weighted by Gasteiger charge is -2.12. The minimum Gasteiger partial charge on any atom is -0.350 e. The highest BCUT2D eigenvalue weighted by molar-refractivity contribution is 6.04. The van der Waals surface area contributed by atoms with Gasteiger partial charge in [-0.3, -0.25) is 4.79 Å². The molecule has 0 bridgehead atoms. The number of nitrogens with zero attached hydrogens (tertiary/aromatic N) is 1. The highest BCUT2D eigenvalue weighted by Crippen LogP contribution is 2.37. The Balaban J connectivity index is 1.86. The van der Waals surface area contributed by atoms with Gasteiger partial charge in [-0.2, -0.15) is 13.2 Å². The Morgan fingerprint density at radius 1 is 0.929 bits per heavy atom. The zero-order chi connectivity index (χ0) is 20.6. The Hall–Kier alpha value is -3.23. The van der Waals surface area contributed by atoms with Crippen LogP contribution in [0.25, 0.3) is 11.3 Å². The number of nitrogens with one attached hydrogen (secondary N) is 1. The number of benzene rings is 2. The zero-order valence-electron chi connectivity index (χ0n) is 14.2. The predicted octanol–water partition coefficient (Wildman–Crippen LogP) is 5.38. The van der Waals surface area contributed by atoms with E-state index in [1.165, 1.54) is 42.1 Å². The van der Waals surface area contributed by atoms with Gasteiger partial charge in [-0.1, -0.05) is 12.1 Å². The number of rotatable bonds is 3. The molecule has 1 amide bonds. The van der Waals surface area contributed by atoms with Crippen LogP contribution in [0.1, 0.15) is 15.9 Å². The van der Waals surface area contributed by atoms with E-state index >= 15 is 0 Å². The molecule has 0 fully saturated rings. The van der Waals surface area contributed by atoms with E-state index in [0.29, 0.717) is 6.07 Å². The monoisotopic (exact) mass is 398 g/mol. The molecule has 3 aromatic rings. The predicted molar refractivity (Wildman–Crippen MR) is 90.1 cm³/mol. The smallest absolute Gasteiger partial charge is 0.350 e. The number of carbonyl (C=O) groups excluding carboxylic acids is 1. The summed E-state index contributed by atoms with van der Waals surface area (Å²) in [6.45, 7) is 0. The first-order valence-electron chi connectivity index (χ1n) is 7.87. The Labute approximate surface area is 155 Å². The summed E-state index contributed by atoms with van der Waals surface area (Å²) in [6.07, 6.45) is -3.26. The van der Waals surface area contributed by atoms with Crippen molar-refractivity contribution in [1.82, 2.24) is 4.57 Å². The van der Waals surface area contributed by atoms with Crippen LogP contribution in [0.5, 0.6) is 0 Å². The number of halogens is 6. The molecule has 0 aliphatic carbocycles. The molecule has 3 nitrogen and oxygen atoms in total. The fourth-order valence-electron chi connectivity index (χ4n) is 2.72. The van der Waals surface area contributed by atoms with Crippen molar-refractivity contribution in [2.24, 2.45) is 7.05 Å². The van der Waals surface area contributed by atoms with E-state index in [-0.39, 0.29) is 23.0 Å². The number of aromatic nitrogens is 1. The highest BCUT2D eigenvalue weighted by atomic mass is 19.4. The second kappa shape index (κ2) is 7.06. The van der Waals surface area contributed by atoms with E-state index in [1.54, 1.807) is 0 Å². The molecule has 1 aromatic heterocycles. The molecule has 0 atom stereocenters. The molecule has 1 heterocycles. The van der Waals surface area contributed by atoms with Crippen LogP contribution >= 0.6 is 0 Å². The first-order chi connectivity index (χ1) is 13.1. The molecule has 0 aliphatic heterocycles. The first-order valence-corrected chi connectivity index (χ1v) is 7.87. The van der Waals surface area contributed by atoms with E-state index in [0.717, 1.165) is 6.07 Å². The average molecular weight is 398 g/mol. The summed E-state index contributed by atoms with van der Waals surface area (Å²) in [6, 6.07) is 6.96. The van der Waals surface area contributed by atoms with Crippen molar-refractivity contribution in [3.63, 3.8) is 0 Å². The van der Waals surface area contributed by atoms with Gasteiger partial charge in [0.2, 0.25) is 0 Å². The van der Waals surface area contributed by atoms with Crippen LogP contribution in [0.2, 0.25) is 0 Å². The molecule has 2 aromatic carbocycles. The quantitative estimate of drug-likeness (QED) is 0.467. The van der Waals surface area contributed by atoms with Crippen LogP contribution in [0.4, 0.5) is 32.0 Å². The van der Waals surface area contributed by atoms with Crippen molar-refractivity contribution >= 4 is 11.6 Å². The molecule has 146 valence electrons. The molecule has 28 heavy (non-hydrogen) atoms. The van der Waals surface area contributed by atoms with E-state index < -0.39 is 40.7 Å². The fraction of sp³-hybridized carbons (Fsp3) is 0.105. The summed E-state index contributed by atoms with van der Waals surface area (Å²) >= 11 is 0. The molecule has 0 unspecified atom stereocenters. The minimum atomic E-state index is -4.53. The Kier molecular flexibility index (Phi) is 4.93. The van der Waals surface area contributed by atoms with Crippen LogP contribution in [0.15, 0.2) is 48.7 Å². The largest absolute Gasteiger partial charge is 0.418 e. The maximum Gasteiger partial charge on any atom is 0.418 e. The normalized spacial score (nSPS) is 11.5. The maximum atomic E-state index is 13.7. The highest BCUT2D eigenvalue weighted by Gasteiger charge is 2.35. The van der Waals surface area contributed by atoms with Gasteiger partial charge in [0.05, 0.1) is 16.8 Å². The SMILES string of the molecule is Cn1ccc(C(F)(F)F)c1-c1ccc(NC(=O)c2cc(F)c(F)cc2F)cc1. The molecule has 0 saturated carbocycles. The third kappa shape index (κ3) is 3.73. The van der Waals surface area contributed by atoms with Crippen LogP contribution in [0, 0.1) is 17.5 Å². The molecule has 0 spiro atoms. The standard InChI is InChI=1S/C19H12F6N2O/c1-27-7-6-13(19(23,24)25)17(27)10-2-4-11(5-3-10)26-18(28)12-8-15(21)16(22)9-14(12)20/h2-9H,1H3,(H,26,28). The van der Waals surface area contributed by atoms with E-state index in [1.807, 2.05) is 0 Å². The zero-order valence-corrected chi connectivity index (χ0v) is 14.2. The molecule has 0 saturated heterocycles. The Morgan fingerprint density at radius 3 is 2.14 bits per heavy atom. The molecular formula is C19H12F6N2O. The first kappa shape index (κ1) is 19.5. The topological polar surface area (TPSA) is 34.0 Å². The van der Waals surface area contributed by atoms with Gasteiger partial charge in [0.15, 0.2) is 11.6 Å². The van der Waals surface area contributed by atoms with E-state index in [4.69, 9.17) is 0 Å². The van der Waals surface area contributed by atoms with Crippen molar-refractivity contribution in [2.45, 2.75) is 6.18 Å². The summed E-state index contributed by atoms with van der Waals surface area (Å²) in [4.78, 5) is 12.1. The van der Waals surface area contributed by atoms with Gasteiger partial charge in [-0.05, 0) is 29.8 Å². The number of hydrogen-bond acceptors (Lipinski definition) is 1. The van der Waals surface area contributed by atoms with Crippen molar-refractivity contribution in [3.05, 3.63) is 77.2 Å². The number of anilines is 1. The van der Waals surface area contributed by atoms with Crippen molar-refractivity contribution in [1.29, 1.82) is 0 Å². The van der Waals surface area contributed by atoms with Gasteiger partial charge in [-0.15, -0.1) is 0 Å². The van der Waals surface area contributed by atoms with Crippen LogP contribution in [-0.2, 0) is 13.2 Å². The maximum absolute atomic E-state index is 13.7. The van der Waals surface area contributed by atoms with Crippen LogP contribution < -0.4 is 5.32 Å². The molecule has 0 aliphatic rings. The second-order valence-corrected chi connectivity index (χ2v) is 5.96. The number of alkyl halides is 3. The number of aryl methyl sites for hydroxylation is 1. The lowest BCUT2D eigenvalue weighted by Crippen LogP contribution is -2.14. The van der Waals surface area contributed by atoms with Crippen LogP contribution in [0.3, 0.4) is 0 Å². The molecule has 9 heteroatoms. The van der Waals surface area contributed by atoms with Gasteiger partial charge in [0, 0.05) is 25.0 Å². The summed E-state index contributed by atoms with van der Waals surface area (Å²) in [5, 5.41) is 2.28. The van der Waals surface area contributed by atoms with E-state index in [2.05, 4.69) is 5.32 Å². The van der Waals surface area contributed by atoms with Crippen LogP contribution in [-0.4, -0.2) is 10.5 Å². The summed E-state index contributed by atoms with van der Waals surface area (Å²) < 4.78 is 80.5. The fourth-order valence-corrected chi connectivity index (χ4v) is 2.72. The molecule has 1 N–H and O–H groups in total. The lowest BCUT2D eigenvalue weighted by molar-refractivity contribution is -0.137. The van der Waals surface area contributed by atoms with Gasteiger partial charge < -0.3 is 9.88 Å². The third-order valence-corrected chi connectivity index (χ3v) is 4.05. The number of amides is 1. The summed E-state index contributed by atoms with van der Waals surface area (Å²) in [5.41, 5.74) is -1.19. The second-order valence-electron chi connectivity index (χ2n) is 5.96. The Bertz CT molecular complexity index is 1040. The van der Waals surface area contributed by atoms with Crippen molar-refractivity contribution < 1.29 is 31.1 Å². The third-order valence-electron chi connectivity index (χ3n) is 4.05. The van der Waals surface area contributed by atoms with Crippen molar-refractivity contribution in [2.75, 3.05) is 5.32 Å². The van der Waals surface area contributed by atoms with E-state index in [9.17, 15) is 31.1 Å². The van der Waals surface area contributed by atoms with Crippen molar-refractivity contribution in [3.8, 4) is 11.3 Å². The Morgan fingerprint density at radius 2 is 1.54 bits per heavy atom. The molecule has 0 radical (unpaired) electrons. The van der Waals surface area contributed by atoms with Gasteiger partial charge >= 0.3 is 6.18 Å².